The van der Waals surface area contributed by atoms with Crippen molar-refractivity contribution in [1.82, 2.24) is 10.6 Å². The van der Waals surface area contributed by atoms with Crippen LogP contribution in [0.25, 0.3) is 0 Å². The molecule has 0 radical (unpaired) electrons. The lowest BCUT2D eigenvalue weighted by atomic mass is 9.96. The Balaban J connectivity index is 1.87. The van der Waals surface area contributed by atoms with E-state index in [9.17, 15) is 0 Å². The fourth-order valence-corrected chi connectivity index (χ4v) is 2.97. The van der Waals surface area contributed by atoms with E-state index in [4.69, 9.17) is 0 Å². The Labute approximate surface area is 114 Å². The molecule has 4 heteroatoms. The second kappa shape index (κ2) is 7.41. The van der Waals surface area contributed by atoms with Crippen LogP contribution in [0.1, 0.15) is 44.6 Å². The fourth-order valence-electron chi connectivity index (χ4n) is 2.31. The van der Waals surface area contributed by atoms with E-state index in [-0.39, 0.29) is 0 Å². The van der Waals surface area contributed by atoms with Gasteiger partial charge < -0.3 is 10.6 Å². The van der Waals surface area contributed by atoms with Crippen LogP contribution in [0, 0.1) is 0 Å². The SMILES string of the molecule is CCNC(=NCc1ccsc1)NC1CCCCC1. The lowest BCUT2D eigenvalue weighted by Gasteiger charge is -2.24. The minimum atomic E-state index is 0.610. The van der Waals surface area contributed by atoms with Crippen LogP contribution in [0.5, 0.6) is 0 Å². The molecule has 1 saturated carbocycles. The molecule has 1 aromatic rings. The molecule has 0 aliphatic heterocycles. The highest BCUT2D eigenvalue weighted by Crippen LogP contribution is 2.17. The zero-order chi connectivity index (χ0) is 12.6. The molecule has 0 bridgehead atoms. The molecule has 0 spiro atoms. The number of hydrogen-bond acceptors (Lipinski definition) is 2. The summed E-state index contributed by atoms with van der Waals surface area (Å²) in [5, 5.41) is 11.2. The molecule has 0 atom stereocenters. The molecular weight excluding hydrogens is 242 g/mol. The molecule has 1 heterocycles. The van der Waals surface area contributed by atoms with Gasteiger partial charge in [0.15, 0.2) is 5.96 Å². The molecule has 100 valence electrons. The molecule has 1 aromatic heterocycles. The van der Waals surface area contributed by atoms with E-state index in [1.54, 1.807) is 11.3 Å². The number of rotatable bonds is 4. The minimum absolute atomic E-state index is 0.610. The maximum atomic E-state index is 4.65. The summed E-state index contributed by atoms with van der Waals surface area (Å²) < 4.78 is 0. The van der Waals surface area contributed by atoms with Crippen LogP contribution in [0.15, 0.2) is 21.8 Å². The van der Waals surface area contributed by atoms with Crippen LogP contribution in [-0.2, 0) is 6.54 Å². The number of thiophene rings is 1. The van der Waals surface area contributed by atoms with Crippen molar-refractivity contribution in [2.24, 2.45) is 4.99 Å². The first-order valence-electron chi connectivity index (χ1n) is 6.94. The molecule has 0 unspecified atom stereocenters. The summed E-state index contributed by atoms with van der Waals surface area (Å²) in [6, 6.07) is 2.75. The van der Waals surface area contributed by atoms with Crippen LogP contribution in [0.3, 0.4) is 0 Å². The smallest absolute Gasteiger partial charge is 0.191 e. The van der Waals surface area contributed by atoms with E-state index in [1.165, 1.54) is 37.7 Å². The van der Waals surface area contributed by atoms with Crippen LogP contribution in [-0.4, -0.2) is 18.5 Å². The standard InChI is InChI=1S/C14H23N3S/c1-2-15-14(16-10-12-8-9-18-11-12)17-13-6-4-3-5-7-13/h8-9,11,13H,2-7,10H2,1H3,(H2,15,16,17). The molecule has 18 heavy (non-hydrogen) atoms. The molecule has 2 rings (SSSR count). The van der Waals surface area contributed by atoms with Crippen molar-refractivity contribution in [3.05, 3.63) is 22.4 Å². The number of nitrogens with one attached hydrogen (secondary N) is 2. The zero-order valence-corrected chi connectivity index (χ0v) is 11.9. The van der Waals surface area contributed by atoms with Crippen molar-refractivity contribution in [3.8, 4) is 0 Å². The monoisotopic (exact) mass is 265 g/mol. The van der Waals surface area contributed by atoms with Crippen LogP contribution < -0.4 is 10.6 Å². The van der Waals surface area contributed by atoms with Gasteiger partial charge in [0.1, 0.15) is 0 Å². The summed E-state index contributed by atoms with van der Waals surface area (Å²) in [4.78, 5) is 4.65. The van der Waals surface area contributed by atoms with Gasteiger partial charge in [-0.25, -0.2) is 4.99 Å². The number of hydrogen-bond donors (Lipinski definition) is 2. The number of guanidine groups is 1. The Kier molecular flexibility index (Phi) is 5.52. The third-order valence-corrected chi connectivity index (χ3v) is 4.02. The third kappa shape index (κ3) is 4.33. The first kappa shape index (κ1) is 13.4. The lowest BCUT2D eigenvalue weighted by Crippen LogP contribution is -2.44. The highest BCUT2D eigenvalue weighted by molar-refractivity contribution is 7.07. The van der Waals surface area contributed by atoms with Crippen molar-refractivity contribution < 1.29 is 0 Å². The Morgan fingerprint density at radius 2 is 2.22 bits per heavy atom. The van der Waals surface area contributed by atoms with E-state index in [0.29, 0.717) is 6.04 Å². The molecular formula is C14H23N3S. The highest BCUT2D eigenvalue weighted by atomic mass is 32.1. The van der Waals surface area contributed by atoms with Gasteiger partial charge in [-0.3, -0.25) is 0 Å². The Hall–Kier alpha value is -1.03. The number of nitrogens with zero attached hydrogens (tertiary/aromatic N) is 1. The Morgan fingerprint density at radius 3 is 2.89 bits per heavy atom. The number of aliphatic imine (C=N–C) groups is 1. The summed E-state index contributed by atoms with van der Waals surface area (Å²) in [7, 11) is 0. The van der Waals surface area contributed by atoms with Gasteiger partial charge in [0, 0.05) is 12.6 Å². The molecule has 1 aliphatic rings. The van der Waals surface area contributed by atoms with Crippen molar-refractivity contribution in [1.29, 1.82) is 0 Å². The maximum Gasteiger partial charge on any atom is 0.191 e. The van der Waals surface area contributed by atoms with Gasteiger partial charge in [-0.2, -0.15) is 11.3 Å². The summed E-state index contributed by atoms with van der Waals surface area (Å²) >= 11 is 1.73. The molecule has 0 amide bonds. The van der Waals surface area contributed by atoms with E-state index in [1.807, 2.05) is 0 Å². The summed E-state index contributed by atoms with van der Waals surface area (Å²) in [5.74, 6) is 0.968. The molecule has 1 fully saturated rings. The Morgan fingerprint density at radius 1 is 1.39 bits per heavy atom. The maximum absolute atomic E-state index is 4.65. The van der Waals surface area contributed by atoms with Crippen molar-refractivity contribution >= 4 is 17.3 Å². The van der Waals surface area contributed by atoms with Gasteiger partial charge in [0.25, 0.3) is 0 Å². The predicted octanol–water partition coefficient (Wildman–Crippen LogP) is 3.14. The van der Waals surface area contributed by atoms with Gasteiger partial charge in [0.2, 0.25) is 0 Å². The van der Waals surface area contributed by atoms with Gasteiger partial charge in [-0.05, 0) is 42.2 Å². The van der Waals surface area contributed by atoms with Gasteiger partial charge in [0.05, 0.1) is 6.54 Å². The van der Waals surface area contributed by atoms with Crippen LogP contribution >= 0.6 is 11.3 Å². The molecule has 3 nitrogen and oxygen atoms in total. The highest BCUT2D eigenvalue weighted by Gasteiger charge is 2.14. The molecule has 2 N–H and O–H groups in total. The molecule has 0 aromatic carbocycles. The van der Waals surface area contributed by atoms with E-state index in [2.05, 4.69) is 39.4 Å². The lowest BCUT2D eigenvalue weighted by molar-refractivity contribution is 0.410. The topological polar surface area (TPSA) is 36.4 Å². The van der Waals surface area contributed by atoms with Gasteiger partial charge in [-0.1, -0.05) is 19.3 Å². The minimum Gasteiger partial charge on any atom is -0.357 e. The van der Waals surface area contributed by atoms with E-state index in [0.717, 1.165) is 19.0 Å². The largest absolute Gasteiger partial charge is 0.357 e. The summed E-state index contributed by atoms with van der Waals surface area (Å²) in [5.41, 5.74) is 1.29. The molecule has 1 aliphatic carbocycles. The first-order chi connectivity index (χ1) is 8.88. The summed E-state index contributed by atoms with van der Waals surface area (Å²) in [6.07, 6.45) is 6.65. The normalized spacial score (nSPS) is 17.7. The first-order valence-corrected chi connectivity index (χ1v) is 7.88. The Bertz CT molecular complexity index is 353. The van der Waals surface area contributed by atoms with Gasteiger partial charge in [-0.15, -0.1) is 0 Å². The van der Waals surface area contributed by atoms with Crippen LogP contribution in [0.2, 0.25) is 0 Å². The quantitative estimate of drug-likeness (QED) is 0.648. The summed E-state index contributed by atoms with van der Waals surface area (Å²) in [6.45, 7) is 3.80. The average molecular weight is 265 g/mol. The zero-order valence-electron chi connectivity index (χ0n) is 11.1. The van der Waals surface area contributed by atoms with E-state index < -0.39 is 0 Å². The van der Waals surface area contributed by atoms with E-state index >= 15 is 0 Å². The second-order valence-corrected chi connectivity index (χ2v) is 5.59. The van der Waals surface area contributed by atoms with Crippen LogP contribution in [0.4, 0.5) is 0 Å². The van der Waals surface area contributed by atoms with Gasteiger partial charge >= 0.3 is 0 Å². The van der Waals surface area contributed by atoms with Crippen molar-refractivity contribution in [3.63, 3.8) is 0 Å². The predicted molar refractivity (Wildman–Crippen MR) is 79.1 cm³/mol. The second-order valence-electron chi connectivity index (χ2n) is 4.81. The van der Waals surface area contributed by atoms with Crippen molar-refractivity contribution in [2.45, 2.75) is 51.6 Å². The average Bonchev–Trinajstić information content (AvgIpc) is 2.91. The third-order valence-electron chi connectivity index (χ3n) is 3.29. The van der Waals surface area contributed by atoms with Crippen molar-refractivity contribution in [2.75, 3.05) is 6.54 Å². The fraction of sp³-hybridized carbons (Fsp3) is 0.643. The molecule has 0 saturated heterocycles.